The predicted octanol–water partition coefficient (Wildman–Crippen LogP) is 4.87. The molecule has 0 saturated carbocycles. The first-order chi connectivity index (χ1) is 9.93. The Kier molecular flexibility index (Phi) is 12.0. The molecule has 123 valence electrons. The maximum Gasteiger partial charge on any atom is 0.280 e. The van der Waals surface area contributed by atoms with Crippen LogP contribution in [0.3, 0.4) is 0 Å². The van der Waals surface area contributed by atoms with E-state index in [2.05, 4.69) is 25.9 Å². The van der Waals surface area contributed by atoms with Gasteiger partial charge in [-0.1, -0.05) is 7.43 Å². The molecule has 0 aromatic carbocycles. The third-order valence-electron chi connectivity index (χ3n) is 2.14. The lowest BCUT2D eigenvalue weighted by atomic mass is 10.3. The van der Waals surface area contributed by atoms with Crippen LogP contribution in [0, 0.1) is 0 Å². The van der Waals surface area contributed by atoms with E-state index in [4.69, 9.17) is 0 Å². The van der Waals surface area contributed by atoms with Crippen molar-refractivity contribution in [1.29, 1.82) is 0 Å². The summed E-state index contributed by atoms with van der Waals surface area (Å²) >= 11 is 3.09. The Balaban J connectivity index is 0. The quantitative estimate of drug-likeness (QED) is 0.426. The highest BCUT2D eigenvalue weighted by molar-refractivity contribution is 9.10. The van der Waals surface area contributed by atoms with Crippen molar-refractivity contribution in [3.8, 4) is 0 Å². The van der Waals surface area contributed by atoms with Gasteiger partial charge in [0.05, 0.1) is 0 Å². The fourth-order valence-electron chi connectivity index (χ4n) is 1.13. The summed E-state index contributed by atoms with van der Waals surface area (Å²) in [5.74, 6) is 0. The number of carbonyl (C=O) groups is 1. The minimum absolute atomic E-state index is 0. The van der Waals surface area contributed by atoms with E-state index in [1.54, 1.807) is 0 Å². The summed E-state index contributed by atoms with van der Waals surface area (Å²) in [7, 11) is 0. The van der Waals surface area contributed by atoms with E-state index in [1.807, 2.05) is 0 Å². The minimum atomic E-state index is -2.57. The first-order valence-electron chi connectivity index (χ1n) is 5.53. The largest absolute Gasteiger partial charge is 0.298 e. The highest BCUT2D eigenvalue weighted by Crippen LogP contribution is 2.17. The van der Waals surface area contributed by atoms with Crippen LogP contribution < -0.4 is 0 Å². The van der Waals surface area contributed by atoms with Gasteiger partial charge in [0, 0.05) is 30.8 Å². The van der Waals surface area contributed by atoms with Crippen LogP contribution in [0.5, 0.6) is 0 Å². The summed E-state index contributed by atoms with van der Waals surface area (Å²) in [5.41, 5.74) is -0.201. The molecule has 0 N–H and O–H groups in total. The highest BCUT2D eigenvalue weighted by Gasteiger charge is 2.07. The number of aromatic nitrogens is 2. The predicted molar refractivity (Wildman–Crippen MR) is 84.0 cm³/mol. The first kappa shape index (κ1) is 23.5. The van der Waals surface area contributed by atoms with Crippen LogP contribution >= 0.6 is 15.9 Å². The second kappa shape index (κ2) is 11.8. The van der Waals surface area contributed by atoms with Gasteiger partial charge in [-0.15, -0.1) is 0 Å². The molecular formula is C14H13BBrF4N2O. The Bertz CT molecular complexity index is 568. The van der Waals surface area contributed by atoms with Gasteiger partial charge in [-0.3, -0.25) is 14.8 Å². The maximum absolute atomic E-state index is 11.9. The van der Waals surface area contributed by atoms with E-state index in [0.29, 0.717) is 16.3 Å². The molecular weight excluding hydrogens is 379 g/mol. The Hall–Kier alpha value is -1.77. The van der Waals surface area contributed by atoms with Crippen LogP contribution in [0.1, 0.15) is 42.0 Å². The van der Waals surface area contributed by atoms with Gasteiger partial charge in [0.2, 0.25) is 0 Å². The van der Waals surface area contributed by atoms with Crippen molar-refractivity contribution in [2.24, 2.45) is 0 Å². The second-order valence-corrected chi connectivity index (χ2v) is 4.55. The normalized spacial score (nSPS) is 9.35. The lowest BCUT2D eigenvalue weighted by Crippen LogP contribution is -1.90. The number of rotatable bonds is 3. The summed E-state index contributed by atoms with van der Waals surface area (Å²) in [6.07, 6.45) is -2.03. The zero-order valence-electron chi connectivity index (χ0n) is 11.0. The molecule has 2 aromatic heterocycles. The van der Waals surface area contributed by atoms with E-state index >= 15 is 0 Å². The lowest BCUT2D eigenvalue weighted by Gasteiger charge is -1.96. The van der Waals surface area contributed by atoms with Crippen LogP contribution in [-0.4, -0.2) is 24.7 Å². The fourth-order valence-corrected chi connectivity index (χ4v) is 1.37. The molecule has 3 radical (unpaired) electrons. The molecule has 2 rings (SSSR count). The van der Waals surface area contributed by atoms with Gasteiger partial charge < -0.3 is 0 Å². The molecule has 3 nitrogen and oxygen atoms in total. The lowest BCUT2D eigenvalue weighted by molar-refractivity contribution is 0.112. The van der Waals surface area contributed by atoms with Crippen LogP contribution in [0.15, 0.2) is 41.1 Å². The molecule has 0 amide bonds. The van der Waals surface area contributed by atoms with Gasteiger partial charge in [0.1, 0.15) is 11.4 Å². The molecule has 0 bridgehead atoms. The van der Waals surface area contributed by atoms with E-state index in [-0.39, 0.29) is 27.2 Å². The van der Waals surface area contributed by atoms with Gasteiger partial charge in [-0.2, -0.15) is 0 Å². The standard InChI is InChI=1S/C7H5F2NO.C6H4BrF2N.CH4.B/c8-7(9)6-2-1-5(4-11)3-10-6;7-4-1-2-5(6(8)9)10-3-4;;/h1-4,7H;1-3,6H;1H4;. The topological polar surface area (TPSA) is 42.9 Å². The molecule has 0 aliphatic heterocycles. The molecule has 2 heterocycles. The molecule has 9 heteroatoms. The van der Waals surface area contributed by atoms with Crippen molar-refractivity contribution in [2.45, 2.75) is 20.3 Å². The summed E-state index contributed by atoms with van der Waals surface area (Å²) in [6.45, 7) is 0. The molecule has 0 aliphatic rings. The maximum atomic E-state index is 11.9. The van der Waals surface area contributed by atoms with Gasteiger partial charge in [0.25, 0.3) is 12.9 Å². The third-order valence-corrected chi connectivity index (χ3v) is 2.61. The number of aldehydes is 1. The second-order valence-electron chi connectivity index (χ2n) is 3.64. The van der Waals surface area contributed by atoms with Gasteiger partial charge in [-0.25, -0.2) is 17.6 Å². The molecule has 0 aliphatic carbocycles. The third kappa shape index (κ3) is 8.44. The summed E-state index contributed by atoms with van der Waals surface area (Å²) < 4.78 is 48.1. The SMILES string of the molecule is C.FC(F)c1ccc(Br)cn1.O=Cc1ccc(C(F)F)nc1.[B]. The molecule has 0 unspecified atom stereocenters. The van der Waals surface area contributed by atoms with Crippen molar-refractivity contribution >= 4 is 30.6 Å². The number of hydrogen-bond donors (Lipinski definition) is 0. The van der Waals surface area contributed by atoms with Crippen molar-refractivity contribution in [2.75, 3.05) is 0 Å². The highest BCUT2D eigenvalue weighted by atomic mass is 79.9. The number of nitrogens with zero attached hydrogens (tertiary/aromatic N) is 2. The van der Waals surface area contributed by atoms with Crippen molar-refractivity contribution in [3.63, 3.8) is 0 Å². The Morgan fingerprint density at radius 2 is 1.39 bits per heavy atom. The smallest absolute Gasteiger partial charge is 0.280 e. The zero-order valence-corrected chi connectivity index (χ0v) is 12.6. The van der Waals surface area contributed by atoms with E-state index in [1.165, 1.54) is 24.4 Å². The molecule has 2 aromatic rings. The van der Waals surface area contributed by atoms with Crippen LogP contribution in [0.2, 0.25) is 0 Å². The summed E-state index contributed by atoms with van der Waals surface area (Å²) in [6, 6.07) is 5.26. The Labute approximate surface area is 141 Å². The van der Waals surface area contributed by atoms with Crippen molar-refractivity contribution in [1.82, 2.24) is 9.97 Å². The van der Waals surface area contributed by atoms with Gasteiger partial charge in [-0.05, 0) is 40.2 Å². The minimum Gasteiger partial charge on any atom is -0.298 e. The summed E-state index contributed by atoms with van der Waals surface area (Å²) in [5, 5.41) is 0. The zero-order chi connectivity index (χ0) is 15.8. The Morgan fingerprint density at radius 1 is 0.913 bits per heavy atom. The van der Waals surface area contributed by atoms with Crippen molar-refractivity contribution < 1.29 is 22.4 Å². The number of hydrogen-bond acceptors (Lipinski definition) is 3. The van der Waals surface area contributed by atoms with E-state index in [0.717, 1.165) is 12.3 Å². The van der Waals surface area contributed by atoms with Crippen LogP contribution in [0.4, 0.5) is 17.6 Å². The number of alkyl halides is 4. The van der Waals surface area contributed by atoms with Crippen LogP contribution in [-0.2, 0) is 0 Å². The molecule has 0 atom stereocenters. The molecule has 0 spiro atoms. The average molecular weight is 392 g/mol. The van der Waals surface area contributed by atoms with Gasteiger partial charge in [0.15, 0.2) is 6.29 Å². The fraction of sp³-hybridized carbons (Fsp3) is 0.214. The van der Waals surface area contributed by atoms with Crippen molar-refractivity contribution in [3.05, 3.63) is 58.1 Å². The number of halogens is 5. The van der Waals surface area contributed by atoms with E-state index in [9.17, 15) is 22.4 Å². The van der Waals surface area contributed by atoms with Crippen LogP contribution in [0.25, 0.3) is 0 Å². The number of carbonyl (C=O) groups excluding carboxylic acids is 1. The van der Waals surface area contributed by atoms with E-state index < -0.39 is 12.9 Å². The number of pyridine rings is 2. The Morgan fingerprint density at radius 3 is 1.70 bits per heavy atom. The molecule has 0 fully saturated rings. The molecule has 0 saturated heterocycles. The summed E-state index contributed by atoms with van der Waals surface area (Å²) in [4.78, 5) is 16.9. The first-order valence-corrected chi connectivity index (χ1v) is 6.32. The average Bonchev–Trinajstić information content (AvgIpc) is 2.48. The van der Waals surface area contributed by atoms with Gasteiger partial charge >= 0.3 is 0 Å². The molecule has 23 heavy (non-hydrogen) atoms. The monoisotopic (exact) mass is 391 g/mol.